The van der Waals surface area contributed by atoms with Crippen molar-refractivity contribution in [2.45, 2.75) is 10.7 Å². The van der Waals surface area contributed by atoms with Crippen molar-refractivity contribution in [1.29, 1.82) is 0 Å². The summed E-state index contributed by atoms with van der Waals surface area (Å²) < 4.78 is 48.8. The zero-order valence-corrected chi connectivity index (χ0v) is 16.0. The summed E-state index contributed by atoms with van der Waals surface area (Å²) in [5.41, 5.74) is 0.178. The Kier molecular flexibility index (Phi) is 7.99. The molecular formula is C17H13BrF3NO4S. The van der Waals surface area contributed by atoms with E-state index in [-0.39, 0.29) is 28.1 Å². The third-order valence-electron chi connectivity index (χ3n) is 2.98. The van der Waals surface area contributed by atoms with Gasteiger partial charge in [0, 0.05) is 9.37 Å². The van der Waals surface area contributed by atoms with Crippen LogP contribution in [0.3, 0.4) is 0 Å². The van der Waals surface area contributed by atoms with Crippen LogP contribution in [0.25, 0.3) is 0 Å². The van der Waals surface area contributed by atoms with Crippen molar-refractivity contribution in [1.82, 2.24) is 0 Å². The van der Waals surface area contributed by atoms with Crippen molar-refractivity contribution in [3.05, 3.63) is 52.8 Å². The Morgan fingerprint density at radius 2 is 1.89 bits per heavy atom. The quantitative estimate of drug-likeness (QED) is 0.462. The van der Waals surface area contributed by atoms with Gasteiger partial charge >= 0.3 is 5.97 Å². The van der Waals surface area contributed by atoms with Crippen molar-refractivity contribution in [3.63, 3.8) is 0 Å². The molecule has 0 atom stereocenters. The molecule has 0 aromatic heterocycles. The molecule has 1 N–H and O–H groups in total. The molecule has 0 aliphatic carbocycles. The van der Waals surface area contributed by atoms with Gasteiger partial charge in [-0.25, -0.2) is 9.18 Å². The highest BCUT2D eigenvalue weighted by Crippen LogP contribution is 2.31. The molecule has 2 rings (SSSR count). The first kappa shape index (κ1) is 21.1. The van der Waals surface area contributed by atoms with Gasteiger partial charge in [-0.1, -0.05) is 39.8 Å². The van der Waals surface area contributed by atoms with E-state index in [1.54, 1.807) is 12.1 Å². The lowest BCUT2D eigenvalue weighted by Crippen LogP contribution is -2.24. The van der Waals surface area contributed by atoms with E-state index in [1.165, 1.54) is 30.3 Å². The van der Waals surface area contributed by atoms with Crippen LogP contribution in [0.1, 0.15) is 0 Å². The number of ether oxygens (including phenoxy) is 2. The number of nitrogens with one attached hydrogen (secondary N) is 1. The fourth-order valence-electron chi connectivity index (χ4n) is 1.87. The second-order valence-electron chi connectivity index (χ2n) is 4.95. The molecule has 144 valence electrons. The number of carbonyl (C=O) groups excluding carboxylic acids is 2. The number of hydrogen-bond acceptors (Lipinski definition) is 5. The predicted octanol–water partition coefficient (Wildman–Crippen LogP) is 4.46. The summed E-state index contributed by atoms with van der Waals surface area (Å²) in [6.07, 6.45) is 0. The molecule has 0 fully saturated rings. The Hall–Kier alpha value is -2.20. The van der Waals surface area contributed by atoms with E-state index in [1.807, 2.05) is 0 Å². The van der Waals surface area contributed by atoms with Gasteiger partial charge in [-0.15, -0.1) is 0 Å². The van der Waals surface area contributed by atoms with Crippen LogP contribution >= 0.6 is 27.7 Å². The van der Waals surface area contributed by atoms with Gasteiger partial charge in [0.15, 0.2) is 24.8 Å². The molecule has 2 aromatic carbocycles. The van der Waals surface area contributed by atoms with Crippen molar-refractivity contribution < 1.29 is 32.2 Å². The molecule has 0 unspecified atom stereocenters. The molecule has 0 heterocycles. The molecule has 1 amide bonds. The van der Waals surface area contributed by atoms with Gasteiger partial charge in [0.25, 0.3) is 11.7 Å². The number of hydrogen-bond donors (Lipinski definition) is 1. The smallest absolute Gasteiger partial charge is 0.344 e. The first-order valence-electron chi connectivity index (χ1n) is 7.42. The van der Waals surface area contributed by atoms with Crippen molar-refractivity contribution in [2.75, 3.05) is 18.5 Å². The van der Waals surface area contributed by atoms with Gasteiger partial charge in [-0.2, -0.15) is 8.78 Å². The normalized spacial score (nSPS) is 10.6. The average Bonchev–Trinajstić information content (AvgIpc) is 2.60. The first-order valence-corrected chi connectivity index (χ1v) is 9.09. The van der Waals surface area contributed by atoms with E-state index in [2.05, 4.69) is 21.2 Å². The number of carbonyl (C=O) groups is 2. The minimum Gasteiger partial charge on any atom is -0.479 e. The summed E-state index contributed by atoms with van der Waals surface area (Å²) in [4.78, 5) is 23.6. The Morgan fingerprint density at radius 3 is 2.59 bits per heavy atom. The lowest BCUT2D eigenvalue weighted by Gasteiger charge is -2.11. The second-order valence-corrected chi connectivity index (χ2v) is 6.89. The number of thioether (sulfide) groups is 1. The number of halogens is 4. The predicted molar refractivity (Wildman–Crippen MR) is 97.5 cm³/mol. The number of rotatable bonds is 8. The molecule has 0 spiro atoms. The SMILES string of the molecule is O=C(COC(=O)COc1ccc(Br)cc1F)Nc1ccccc1SC(F)F. The van der Waals surface area contributed by atoms with Crippen molar-refractivity contribution in [2.24, 2.45) is 0 Å². The molecule has 0 saturated heterocycles. The summed E-state index contributed by atoms with van der Waals surface area (Å²) >= 11 is 3.37. The maximum atomic E-state index is 13.6. The Balaban J connectivity index is 1.81. The van der Waals surface area contributed by atoms with Crippen LogP contribution < -0.4 is 10.1 Å². The molecule has 27 heavy (non-hydrogen) atoms. The molecule has 2 aromatic rings. The molecule has 10 heteroatoms. The Morgan fingerprint density at radius 1 is 1.15 bits per heavy atom. The van der Waals surface area contributed by atoms with Crippen LogP contribution in [-0.4, -0.2) is 30.8 Å². The highest BCUT2D eigenvalue weighted by Gasteiger charge is 2.14. The maximum absolute atomic E-state index is 13.6. The van der Waals surface area contributed by atoms with Gasteiger partial charge in [0.2, 0.25) is 0 Å². The summed E-state index contributed by atoms with van der Waals surface area (Å²) in [6.45, 7) is -1.23. The zero-order chi connectivity index (χ0) is 19.8. The van der Waals surface area contributed by atoms with Gasteiger partial charge in [-0.3, -0.25) is 4.79 Å². The lowest BCUT2D eigenvalue weighted by molar-refractivity contribution is -0.149. The minimum absolute atomic E-state index is 0.141. The maximum Gasteiger partial charge on any atom is 0.344 e. The van der Waals surface area contributed by atoms with Gasteiger partial charge in [0.1, 0.15) is 0 Å². The molecule has 5 nitrogen and oxygen atoms in total. The number of esters is 1. The fourth-order valence-corrected chi connectivity index (χ4v) is 2.80. The van der Waals surface area contributed by atoms with Crippen LogP contribution in [0.2, 0.25) is 0 Å². The second kappa shape index (κ2) is 10.2. The summed E-state index contributed by atoms with van der Waals surface area (Å²) in [6, 6.07) is 10.0. The van der Waals surface area contributed by atoms with Gasteiger partial charge in [-0.05, 0) is 30.3 Å². The molecule has 0 aliphatic rings. The molecule has 0 saturated carbocycles. The van der Waals surface area contributed by atoms with Crippen molar-refractivity contribution >= 4 is 45.3 Å². The monoisotopic (exact) mass is 463 g/mol. The number of para-hydroxylation sites is 1. The molecular weight excluding hydrogens is 451 g/mol. The van der Waals surface area contributed by atoms with E-state index in [0.29, 0.717) is 4.47 Å². The standard InChI is InChI=1S/C17H13BrF3NO4S/c18-10-5-6-13(11(19)7-10)25-9-16(24)26-8-15(23)22-12-3-1-2-4-14(12)27-17(20)21/h1-7,17H,8-9H2,(H,22,23). The Labute approximate surface area is 165 Å². The highest BCUT2D eigenvalue weighted by molar-refractivity contribution is 9.10. The molecule has 0 radical (unpaired) electrons. The highest BCUT2D eigenvalue weighted by atomic mass is 79.9. The van der Waals surface area contributed by atoms with E-state index < -0.39 is 36.7 Å². The van der Waals surface area contributed by atoms with Gasteiger partial charge < -0.3 is 14.8 Å². The third-order valence-corrected chi connectivity index (χ3v) is 4.26. The van der Waals surface area contributed by atoms with Crippen LogP contribution in [0, 0.1) is 5.82 Å². The number of alkyl halides is 2. The van der Waals surface area contributed by atoms with Crippen LogP contribution in [0.15, 0.2) is 51.8 Å². The lowest BCUT2D eigenvalue weighted by atomic mass is 10.3. The van der Waals surface area contributed by atoms with Crippen LogP contribution in [-0.2, 0) is 14.3 Å². The Bertz CT molecular complexity index is 823. The number of anilines is 1. The summed E-state index contributed by atoms with van der Waals surface area (Å²) in [7, 11) is 0. The number of amides is 1. The van der Waals surface area contributed by atoms with E-state index in [0.717, 1.165) is 0 Å². The molecule has 0 bridgehead atoms. The van der Waals surface area contributed by atoms with E-state index in [9.17, 15) is 22.8 Å². The van der Waals surface area contributed by atoms with E-state index >= 15 is 0 Å². The summed E-state index contributed by atoms with van der Waals surface area (Å²) in [5, 5.41) is 2.38. The summed E-state index contributed by atoms with van der Waals surface area (Å²) in [5.74, 6) is -5.04. The van der Waals surface area contributed by atoms with Gasteiger partial charge in [0.05, 0.1) is 5.69 Å². The van der Waals surface area contributed by atoms with E-state index in [4.69, 9.17) is 9.47 Å². The first-order chi connectivity index (χ1) is 12.8. The fraction of sp³-hybridized carbons (Fsp3) is 0.176. The van der Waals surface area contributed by atoms with Crippen molar-refractivity contribution in [3.8, 4) is 5.75 Å². The largest absolute Gasteiger partial charge is 0.479 e. The number of benzene rings is 2. The average molecular weight is 464 g/mol. The van der Waals surface area contributed by atoms with Crippen LogP contribution in [0.5, 0.6) is 5.75 Å². The minimum atomic E-state index is -2.64. The zero-order valence-electron chi connectivity index (χ0n) is 13.6. The van der Waals surface area contributed by atoms with Crippen LogP contribution in [0.4, 0.5) is 18.9 Å². The third kappa shape index (κ3) is 7.14. The topological polar surface area (TPSA) is 64.6 Å². The molecule has 0 aliphatic heterocycles.